The highest BCUT2D eigenvalue weighted by atomic mass is 16.1. The summed E-state index contributed by atoms with van der Waals surface area (Å²) >= 11 is 0. The van der Waals surface area contributed by atoms with Crippen LogP contribution in [-0.2, 0) is 6.54 Å². The number of nitrogens with two attached hydrogens (primary N) is 1. The van der Waals surface area contributed by atoms with Crippen molar-refractivity contribution in [2.75, 3.05) is 13.1 Å². The van der Waals surface area contributed by atoms with E-state index in [-0.39, 0.29) is 0 Å². The highest BCUT2D eigenvalue weighted by Gasteiger charge is 2.13. The van der Waals surface area contributed by atoms with Crippen molar-refractivity contribution >= 4 is 11.9 Å². The van der Waals surface area contributed by atoms with Gasteiger partial charge in [0, 0.05) is 24.6 Å². The minimum atomic E-state index is -0.427. The molecule has 0 heterocycles. The number of amides is 1. The van der Waals surface area contributed by atoms with Gasteiger partial charge in [-0.05, 0) is 42.2 Å². The summed E-state index contributed by atoms with van der Waals surface area (Å²) in [7, 11) is 0. The second-order valence-corrected chi connectivity index (χ2v) is 7.35. The maximum absolute atomic E-state index is 11.4. The van der Waals surface area contributed by atoms with Crippen molar-refractivity contribution in [2.24, 2.45) is 10.7 Å². The maximum atomic E-state index is 11.4. The number of guanidine groups is 1. The number of aliphatic imine (C=N–C) groups is 1. The van der Waals surface area contributed by atoms with Crippen molar-refractivity contribution in [3.63, 3.8) is 0 Å². The molecule has 0 aliphatic heterocycles. The van der Waals surface area contributed by atoms with Gasteiger partial charge in [0.1, 0.15) is 0 Å². The summed E-state index contributed by atoms with van der Waals surface area (Å²) < 4.78 is 0. The van der Waals surface area contributed by atoms with Gasteiger partial charge in [-0.25, -0.2) is 4.99 Å². The van der Waals surface area contributed by atoms with E-state index in [0.717, 1.165) is 31.0 Å². The van der Waals surface area contributed by atoms with E-state index in [1.165, 1.54) is 11.1 Å². The van der Waals surface area contributed by atoms with E-state index in [0.29, 0.717) is 18.0 Å². The molecule has 0 bridgehead atoms. The summed E-state index contributed by atoms with van der Waals surface area (Å²) in [6.07, 6.45) is 0.940. The predicted octanol–water partition coefficient (Wildman–Crippen LogP) is 4.06. The Morgan fingerprint density at radius 3 is 2.13 bits per heavy atom. The summed E-state index contributed by atoms with van der Waals surface area (Å²) in [6.45, 7) is 4.06. The number of benzene rings is 3. The molecule has 0 saturated heterocycles. The molecule has 1 amide bonds. The Labute approximate surface area is 184 Å². The van der Waals surface area contributed by atoms with E-state index in [9.17, 15) is 4.79 Å². The van der Waals surface area contributed by atoms with E-state index < -0.39 is 5.91 Å². The van der Waals surface area contributed by atoms with Crippen LogP contribution in [0, 0.1) is 0 Å². The first kappa shape index (κ1) is 22.1. The zero-order valence-electron chi connectivity index (χ0n) is 17.9. The topological polar surface area (TPSA) is 79.5 Å². The molecule has 5 nitrogen and oxygen atoms in total. The molecule has 3 rings (SSSR count). The molecular formula is C26H30N4O. The van der Waals surface area contributed by atoms with Crippen molar-refractivity contribution < 1.29 is 4.79 Å². The molecule has 5 heteroatoms. The SMILES string of the molecule is CCNC(=NCc1cccc(C(N)=O)c1)NCCC(c1ccccc1)c1ccccc1. The lowest BCUT2D eigenvalue weighted by atomic mass is 9.88. The van der Waals surface area contributed by atoms with Crippen LogP contribution in [0.3, 0.4) is 0 Å². The first-order chi connectivity index (χ1) is 15.2. The van der Waals surface area contributed by atoms with Gasteiger partial charge in [0.15, 0.2) is 5.96 Å². The molecule has 4 N–H and O–H groups in total. The number of hydrogen-bond donors (Lipinski definition) is 3. The summed E-state index contributed by atoms with van der Waals surface area (Å²) in [5, 5.41) is 6.74. The summed E-state index contributed by atoms with van der Waals surface area (Å²) in [5.41, 5.74) is 9.43. The van der Waals surface area contributed by atoms with Crippen molar-refractivity contribution in [1.29, 1.82) is 0 Å². The summed E-state index contributed by atoms with van der Waals surface area (Å²) in [4.78, 5) is 16.1. The van der Waals surface area contributed by atoms with Crippen LogP contribution in [0.2, 0.25) is 0 Å². The zero-order valence-corrected chi connectivity index (χ0v) is 17.9. The van der Waals surface area contributed by atoms with Gasteiger partial charge < -0.3 is 16.4 Å². The molecule has 0 atom stereocenters. The van der Waals surface area contributed by atoms with Crippen LogP contribution in [0.15, 0.2) is 89.9 Å². The van der Waals surface area contributed by atoms with E-state index in [1.807, 2.05) is 31.2 Å². The fourth-order valence-corrected chi connectivity index (χ4v) is 3.57. The Bertz CT molecular complexity index is 947. The van der Waals surface area contributed by atoms with Crippen LogP contribution in [0.1, 0.15) is 46.3 Å². The zero-order chi connectivity index (χ0) is 21.9. The highest BCUT2D eigenvalue weighted by molar-refractivity contribution is 5.92. The third kappa shape index (κ3) is 6.71. The van der Waals surface area contributed by atoms with Gasteiger partial charge in [-0.15, -0.1) is 0 Å². The van der Waals surface area contributed by atoms with Crippen LogP contribution in [0.4, 0.5) is 0 Å². The number of carbonyl (C=O) groups is 1. The molecule has 3 aromatic rings. The fourth-order valence-electron chi connectivity index (χ4n) is 3.57. The van der Waals surface area contributed by atoms with Gasteiger partial charge in [0.25, 0.3) is 0 Å². The van der Waals surface area contributed by atoms with Crippen molar-refractivity contribution in [1.82, 2.24) is 10.6 Å². The molecule has 0 fully saturated rings. The van der Waals surface area contributed by atoms with Crippen molar-refractivity contribution in [3.05, 3.63) is 107 Å². The largest absolute Gasteiger partial charge is 0.366 e. The molecule has 0 aliphatic carbocycles. The van der Waals surface area contributed by atoms with E-state index in [1.54, 1.807) is 12.1 Å². The number of hydrogen-bond acceptors (Lipinski definition) is 2. The molecular weight excluding hydrogens is 384 g/mol. The number of carbonyl (C=O) groups excluding carboxylic acids is 1. The first-order valence-corrected chi connectivity index (χ1v) is 10.7. The third-order valence-electron chi connectivity index (χ3n) is 5.10. The number of nitrogens with zero attached hydrogens (tertiary/aromatic N) is 1. The molecule has 3 aromatic carbocycles. The third-order valence-corrected chi connectivity index (χ3v) is 5.10. The van der Waals surface area contributed by atoms with Crippen LogP contribution < -0.4 is 16.4 Å². The number of nitrogens with one attached hydrogen (secondary N) is 2. The Hall–Kier alpha value is -3.60. The molecule has 160 valence electrons. The molecule has 0 radical (unpaired) electrons. The lowest BCUT2D eigenvalue weighted by molar-refractivity contribution is 0.1000. The smallest absolute Gasteiger partial charge is 0.248 e. The predicted molar refractivity (Wildman–Crippen MR) is 127 cm³/mol. The van der Waals surface area contributed by atoms with Crippen LogP contribution in [0.25, 0.3) is 0 Å². The maximum Gasteiger partial charge on any atom is 0.248 e. The molecule has 0 spiro atoms. The van der Waals surface area contributed by atoms with Crippen LogP contribution >= 0.6 is 0 Å². The average molecular weight is 415 g/mol. The Balaban J connectivity index is 1.66. The van der Waals surface area contributed by atoms with E-state index >= 15 is 0 Å². The second kappa shape index (κ2) is 11.6. The fraction of sp³-hybridized carbons (Fsp3) is 0.231. The molecule has 0 unspecified atom stereocenters. The van der Waals surface area contributed by atoms with Gasteiger partial charge in [-0.3, -0.25) is 4.79 Å². The van der Waals surface area contributed by atoms with Crippen molar-refractivity contribution in [3.8, 4) is 0 Å². The normalized spacial score (nSPS) is 11.4. The van der Waals surface area contributed by atoms with E-state index in [2.05, 4.69) is 64.2 Å². The Kier molecular flexibility index (Phi) is 8.23. The van der Waals surface area contributed by atoms with Gasteiger partial charge in [-0.2, -0.15) is 0 Å². The molecule has 31 heavy (non-hydrogen) atoms. The van der Waals surface area contributed by atoms with E-state index in [4.69, 9.17) is 5.73 Å². The highest BCUT2D eigenvalue weighted by Crippen LogP contribution is 2.27. The first-order valence-electron chi connectivity index (χ1n) is 10.7. The lowest BCUT2D eigenvalue weighted by Crippen LogP contribution is -2.38. The van der Waals surface area contributed by atoms with Gasteiger partial charge in [-0.1, -0.05) is 72.8 Å². The van der Waals surface area contributed by atoms with Gasteiger partial charge in [0.05, 0.1) is 6.54 Å². The Morgan fingerprint density at radius 1 is 0.903 bits per heavy atom. The van der Waals surface area contributed by atoms with Crippen LogP contribution in [-0.4, -0.2) is 25.0 Å². The number of primary amides is 1. The second-order valence-electron chi connectivity index (χ2n) is 7.35. The minimum absolute atomic E-state index is 0.310. The standard InChI is InChI=1S/C26H30N4O/c1-2-28-26(30-19-20-10-9-15-23(18-20)25(27)31)29-17-16-24(21-11-5-3-6-12-21)22-13-7-4-8-14-22/h3-15,18,24H,2,16-17,19H2,1H3,(H2,27,31)(H2,28,29,30). The van der Waals surface area contributed by atoms with Crippen LogP contribution in [0.5, 0.6) is 0 Å². The molecule has 0 aliphatic rings. The quantitative estimate of drug-likeness (QED) is 0.365. The monoisotopic (exact) mass is 414 g/mol. The molecule has 0 saturated carbocycles. The minimum Gasteiger partial charge on any atom is -0.366 e. The summed E-state index contributed by atoms with van der Waals surface area (Å²) in [5.74, 6) is 0.639. The average Bonchev–Trinajstić information content (AvgIpc) is 2.81. The van der Waals surface area contributed by atoms with Crippen molar-refractivity contribution in [2.45, 2.75) is 25.8 Å². The Morgan fingerprint density at radius 2 is 1.55 bits per heavy atom. The molecule has 0 aromatic heterocycles. The van der Waals surface area contributed by atoms with Gasteiger partial charge in [0.2, 0.25) is 5.91 Å². The number of rotatable bonds is 9. The summed E-state index contributed by atoms with van der Waals surface area (Å²) in [6, 6.07) is 28.5. The van der Waals surface area contributed by atoms with Gasteiger partial charge >= 0.3 is 0 Å². The lowest BCUT2D eigenvalue weighted by Gasteiger charge is -2.19.